The molecule has 3 N–H and O–H groups in total. The molecule has 32 heavy (non-hydrogen) atoms. The van der Waals surface area contributed by atoms with Crippen LogP contribution in [0.1, 0.15) is 41.9 Å². The molecule has 3 atom stereocenters. The Morgan fingerprint density at radius 1 is 1.09 bits per heavy atom. The molecule has 1 saturated heterocycles. The monoisotopic (exact) mass is 442 g/mol. The van der Waals surface area contributed by atoms with E-state index in [1.54, 1.807) is 12.3 Å². The third-order valence-electron chi connectivity index (χ3n) is 5.28. The maximum absolute atomic E-state index is 14.3. The number of rotatable bonds is 4. The molecule has 0 saturated carbocycles. The first-order chi connectivity index (χ1) is 15.3. The Labute approximate surface area is 182 Å². The van der Waals surface area contributed by atoms with Crippen molar-refractivity contribution in [3.8, 4) is 11.3 Å². The molecule has 1 amide bonds. The van der Waals surface area contributed by atoms with E-state index >= 15 is 0 Å². The van der Waals surface area contributed by atoms with Crippen molar-refractivity contribution >= 4 is 11.6 Å². The number of halogens is 3. The normalized spacial score (nSPS) is 20.7. The van der Waals surface area contributed by atoms with Crippen molar-refractivity contribution in [2.45, 2.75) is 38.0 Å². The summed E-state index contributed by atoms with van der Waals surface area (Å²) in [6.45, 7) is 1.93. The van der Waals surface area contributed by atoms with Crippen LogP contribution >= 0.6 is 0 Å². The molecule has 0 aliphatic carbocycles. The number of ether oxygens (including phenoxy) is 1. The van der Waals surface area contributed by atoms with E-state index in [0.717, 1.165) is 36.8 Å². The highest BCUT2D eigenvalue weighted by Crippen LogP contribution is 2.34. The molecule has 2 aromatic heterocycles. The summed E-state index contributed by atoms with van der Waals surface area (Å²) in [4.78, 5) is 20.8. The van der Waals surface area contributed by atoms with Crippen molar-refractivity contribution in [3.63, 3.8) is 0 Å². The number of nitrogens with one attached hydrogen (secondary N) is 1. The smallest absolute Gasteiger partial charge is 0.274 e. The lowest BCUT2D eigenvalue weighted by atomic mass is 9.95. The Morgan fingerprint density at radius 3 is 2.56 bits per heavy atom. The van der Waals surface area contributed by atoms with Gasteiger partial charge < -0.3 is 15.8 Å². The van der Waals surface area contributed by atoms with Gasteiger partial charge in [0.1, 0.15) is 28.8 Å². The SMILES string of the molecule is C[C@H]1C[C@H](N)C[C@@H](c2ccncc2NC(=O)c2ccc(F)c(-c3c(F)cccc3F)n2)O1. The van der Waals surface area contributed by atoms with Crippen molar-refractivity contribution in [2.24, 2.45) is 5.73 Å². The van der Waals surface area contributed by atoms with Crippen LogP contribution in [0.5, 0.6) is 0 Å². The fourth-order valence-corrected chi connectivity index (χ4v) is 3.83. The van der Waals surface area contributed by atoms with E-state index in [4.69, 9.17) is 10.5 Å². The summed E-state index contributed by atoms with van der Waals surface area (Å²) in [7, 11) is 0. The van der Waals surface area contributed by atoms with Crippen LogP contribution in [0.2, 0.25) is 0 Å². The minimum atomic E-state index is -0.983. The molecule has 6 nitrogen and oxygen atoms in total. The number of anilines is 1. The fraction of sp³-hybridized carbons (Fsp3) is 0.261. The number of hydrogen-bond acceptors (Lipinski definition) is 5. The predicted molar refractivity (Wildman–Crippen MR) is 112 cm³/mol. The first-order valence-corrected chi connectivity index (χ1v) is 10.1. The molecule has 166 valence electrons. The van der Waals surface area contributed by atoms with E-state index in [0.29, 0.717) is 17.7 Å². The van der Waals surface area contributed by atoms with Gasteiger partial charge in [-0.1, -0.05) is 6.07 Å². The lowest BCUT2D eigenvalue weighted by Crippen LogP contribution is -2.35. The number of hydrogen-bond donors (Lipinski definition) is 2. The molecule has 0 unspecified atom stereocenters. The molecule has 1 aliphatic heterocycles. The highest BCUT2D eigenvalue weighted by Gasteiger charge is 2.28. The summed E-state index contributed by atoms with van der Waals surface area (Å²) in [5.41, 5.74) is 5.75. The Bertz CT molecular complexity index is 1130. The molecule has 0 radical (unpaired) electrons. The third-order valence-corrected chi connectivity index (χ3v) is 5.28. The topological polar surface area (TPSA) is 90.1 Å². The van der Waals surface area contributed by atoms with E-state index < -0.39 is 34.6 Å². The van der Waals surface area contributed by atoms with Gasteiger partial charge in [0.05, 0.1) is 29.7 Å². The van der Waals surface area contributed by atoms with E-state index in [9.17, 15) is 18.0 Å². The number of nitrogens with zero attached hydrogens (tertiary/aromatic N) is 2. The molecule has 3 aromatic rings. The minimum absolute atomic E-state index is 0.0440. The number of aromatic nitrogens is 2. The second-order valence-corrected chi connectivity index (χ2v) is 7.71. The van der Waals surface area contributed by atoms with Gasteiger partial charge in [0.25, 0.3) is 5.91 Å². The number of amides is 1. The summed E-state index contributed by atoms with van der Waals surface area (Å²) in [6.07, 6.45) is 3.96. The summed E-state index contributed by atoms with van der Waals surface area (Å²) in [5.74, 6) is -3.61. The highest BCUT2D eigenvalue weighted by molar-refractivity contribution is 6.03. The number of nitrogens with two attached hydrogens (primary N) is 1. The number of carbonyl (C=O) groups is 1. The Kier molecular flexibility index (Phi) is 6.20. The molecule has 3 heterocycles. The lowest BCUT2D eigenvalue weighted by molar-refractivity contribution is -0.0483. The van der Waals surface area contributed by atoms with Crippen LogP contribution < -0.4 is 11.1 Å². The molecule has 1 aromatic carbocycles. The fourth-order valence-electron chi connectivity index (χ4n) is 3.83. The van der Waals surface area contributed by atoms with Crippen molar-refractivity contribution < 1.29 is 22.7 Å². The van der Waals surface area contributed by atoms with Crippen LogP contribution in [0.15, 0.2) is 48.8 Å². The second kappa shape index (κ2) is 9.05. The van der Waals surface area contributed by atoms with Crippen LogP contribution in [-0.2, 0) is 4.74 Å². The van der Waals surface area contributed by atoms with Gasteiger partial charge in [0, 0.05) is 17.8 Å². The van der Waals surface area contributed by atoms with Crippen molar-refractivity contribution in [2.75, 3.05) is 5.32 Å². The average molecular weight is 442 g/mol. The van der Waals surface area contributed by atoms with Gasteiger partial charge >= 0.3 is 0 Å². The Morgan fingerprint density at radius 2 is 1.84 bits per heavy atom. The van der Waals surface area contributed by atoms with Crippen molar-refractivity contribution in [1.29, 1.82) is 0 Å². The lowest BCUT2D eigenvalue weighted by Gasteiger charge is -2.33. The molecular formula is C23H21F3N4O2. The Balaban J connectivity index is 1.64. The quantitative estimate of drug-likeness (QED) is 0.626. The van der Waals surface area contributed by atoms with Crippen LogP contribution in [0, 0.1) is 17.5 Å². The summed E-state index contributed by atoms with van der Waals surface area (Å²) in [5, 5.41) is 2.69. The zero-order valence-corrected chi connectivity index (χ0v) is 17.2. The first-order valence-electron chi connectivity index (χ1n) is 10.1. The van der Waals surface area contributed by atoms with Gasteiger partial charge in [-0.15, -0.1) is 0 Å². The maximum atomic E-state index is 14.3. The predicted octanol–water partition coefficient (Wildman–Crippen LogP) is 4.38. The van der Waals surface area contributed by atoms with Gasteiger partial charge in [0.15, 0.2) is 0 Å². The van der Waals surface area contributed by atoms with Crippen molar-refractivity contribution in [3.05, 3.63) is 77.5 Å². The molecule has 1 aliphatic rings. The van der Waals surface area contributed by atoms with Gasteiger partial charge in [0.2, 0.25) is 0 Å². The van der Waals surface area contributed by atoms with E-state index in [1.807, 2.05) is 6.92 Å². The highest BCUT2D eigenvalue weighted by atomic mass is 19.1. The molecular weight excluding hydrogens is 421 g/mol. The molecule has 0 spiro atoms. The van der Waals surface area contributed by atoms with E-state index in [-0.39, 0.29) is 23.9 Å². The number of benzene rings is 1. The maximum Gasteiger partial charge on any atom is 0.274 e. The minimum Gasteiger partial charge on any atom is -0.370 e. The van der Waals surface area contributed by atoms with Crippen LogP contribution in [0.4, 0.5) is 18.9 Å². The first kappa shape index (κ1) is 21.9. The van der Waals surface area contributed by atoms with Gasteiger partial charge in [-0.3, -0.25) is 9.78 Å². The van der Waals surface area contributed by atoms with Gasteiger partial charge in [-0.25, -0.2) is 18.2 Å². The zero-order valence-electron chi connectivity index (χ0n) is 17.2. The van der Waals surface area contributed by atoms with E-state index in [1.165, 1.54) is 6.20 Å². The van der Waals surface area contributed by atoms with Crippen molar-refractivity contribution in [1.82, 2.24) is 9.97 Å². The Hall–Kier alpha value is -3.30. The number of pyridine rings is 2. The van der Waals surface area contributed by atoms with Gasteiger partial charge in [-0.2, -0.15) is 0 Å². The summed E-state index contributed by atoms with van der Waals surface area (Å²) < 4.78 is 48.6. The second-order valence-electron chi connectivity index (χ2n) is 7.71. The van der Waals surface area contributed by atoms with Crippen LogP contribution in [0.25, 0.3) is 11.3 Å². The third kappa shape index (κ3) is 4.49. The number of carbonyl (C=O) groups excluding carboxylic acids is 1. The largest absolute Gasteiger partial charge is 0.370 e. The van der Waals surface area contributed by atoms with Crippen LogP contribution in [-0.4, -0.2) is 28.0 Å². The van der Waals surface area contributed by atoms with Gasteiger partial charge in [-0.05, 0) is 50.1 Å². The molecule has 1 fully saturated rings. The molecule has 4 rings (SSSR count). The van der Waals surface area contributed by atoms with Crippen LogP contribution in [0.3, 0.4) is 0 Å². The summed E-state index contributed by atoms with van der Waals surface area (Å²) in [6, 6.07) is 6.90. The molecule has 9 heteroatoms. The average Bonchev–Trinajstić information content (AvgIpc) is 2.74. The zero-order chi connectivity index (χ0) is 22.8. The molecule has 0 bridgehead atoms. The standard InChI is InChI=1S/C23H21F3N4O2/c1-12-9-13(27)10-20(32-12)14-7-8-28-11-19(14)30-23(31)18-6-5-17(26)22(29-18)21-15(24)3-2-4-16(21)25/h2-8,11-13,20H,9-10,27H2,1H3,(H,30,31)/t12-,13-,20-/m0/s1. The summed E-state index contributed by atoms with van der Waals surface area (Å²) >= 11 is 0. The van der Waals surface area contributed by atoms with E-state index in [2.05, 4.69) is 15.3 Å².